The molecule has 4 rings (SSSR count). The molecule has 150 valence electrons. The topological polar surface area (TPSA) is 66.5 Å². The number of carbonyl (C=O) groups excluding carboxylic acids is 3. The molecule has 3 aromatic rings. The highest BCUT2D eigenvalue weighted by molar-refractivity contribution is 7.99. The van der Waals surface area contributed by atoms with E-state index in [1.807, 2.05) is 30.3 Å². The van der Waals surface area contributed by atoms with Crippen LogP contribution in [0.5, 0.6) is 0 Å². The Morgan fingerprint density at radius 1 is 0.900 bits per heavy atom. The number of nitrogens with zero attached hydrogens (tertiary/aromatic N) is 1. The Bertz CT molecular complexity index is 1100. The van der Waals surface area contributed by atoms with E-state index in [-0.39, 0.29) is 30.0 Å². The maximum atomic E-state index is 12.5. The SMILES string of the molecule is O=C(Cc1ccc(Cl)cc1)Nc1cccc(SCN2C(=O)c3ccccc3C2=O)c1. The first-order valence-electron chi connectivity index (χ1n) is 9.23. The Balaban J connectivity index is 1.37. The predicted octanol–water partition coefficient (Wildman–Crippen LogP) is 4.87. The Morgan fingerprint density at radius 2 is 1.57 bits per heavy atom. The Labute approximate surface area is 183 Å². The minimum Gasteiger partial charge on any atom is -0.326 e. The van der Waals surface area contributed by atoms with E-state index in [4.69, 9.17) is 11.6 Å². The van der Waals surface area contributed by atoms with Crippen molar-refractivity contribution in [2.24, 2.45) is 0 Å². The van der Waals surface area contributed by atoms with E-state index >= 15 is 0 Å². The Kier molecular flexibility index (Phi) is 5.88. The molecule has 0 spiro atoms. The van der Waals surface area contributed by atoms with Crippen LogP contribution in [0.3, 0.4) is 0 Å². The number of fused-ring (bicyclic) bond motifs is 1. The number of rotatable bonds is 6. The van der Waals surface area contributed by atoms with Crippen molar-refractivity contribution in [3.05, 3.63) is 94.5 Å². The van der Waals surface area contributed by atoms with Crippen LogP contribution in [-0.4, -0.2) is 28.5 Å². The molecule has 3 amide bonds. The average Bonchev–Trinajstić information content (AvgIpc) is 2.99. The third-order valence-corrected chi connectivity index (χ3v) is 5.86. The van der Waals surface area contributed by atoms with Crippen LogP contribution in [-0.2, 0) is 11.2 Å². The molecule has 0 fully saturated rings. The summed E-state index contributed by atoms with van der Waals surface area (Å²) in [7, 11) is 0. The van der Waals surface area contributed by atoms with Gasteiger partial charge in [-0.3, -0.25) is 19.3 Å². The molecule has 1 aliphatic rings. The van der Waals surface area contributed by atoms with Crippen molar-refractivity contribution in [3.63, 3.8) is 0 Å². The zero-order valence-electron chi connectivity index (χ0n) is 15.8. The molecule has 5 nitrogen and oxygen atoms in total. The molecule has 0 saturated carbocycles. The zero-order chi connectivity index (χ0) is 21.1. The van der Waals surface area contributed by atoms with Gasteiger partial charge < -0.3 is 5.32 Å². The molecule has 30 heavy (non-hydrogen) atoms. The lowest BCUT2D eigenvalue weighted by Crippen LogP contribution is -2.29. The lowest BCUT2D eigenvalue weighted by atomic mass is 10.1. The molecule has 1 heterocycles. The van der Waals surface area contributed by atoms with E-state index in [1.165, 1.54) is 16.7 Å². The molecule has 0 saturated heterocycles. The number of halogens is 1. The lowest BCUT2D eigenvalue weighted by molar-refractivity contribution is -0.115. The molecule has 0 radical (unpaired) electrons. The summed E-state index contributed by atoms with van der Waals surface area (Å²) < 4.78 is 0. The first-order chi connectivity index (χ1) is 14.5. The van der Waals surface area contributed by atoms with Gasteiger partial charge in [-0.25, -0.2) is 0 Å². The summed E-state index contributed by atoms with van der Waals surface area (Å²) in [6.07, 6.45) is 0.240. The monoisotopic (exact) mass is 436 g/mol. The van der Waals surface area contributed by atoms with Crippen LogP contribution >= 0.6 is 23.4 Å². The molecular weight excluding hydrogens is 420 g/mol. The van der Waals surface area contributed by atoms with Crippen LogP contribution in [0.2, 0.25) is 5.02 Å². The molecule has 3 aromatic carbocycles. The van der Waals surface area contributed by atoms with Crippen molar-refractivity contribution in [2.75, 3.05) is 11.2 Å². The molecule has 0 aliphatic carbocycles. The molecular formula is C23H17ClN2O3S. The third-order valence-electron chi connectivity index (χ3n) is 4.63. The van der Waals surface area contributed by atoms with Gasteiger partial charge in [-0.1, -0.05) is 41.9 Å². The minimum atomic E-state index is -0.282. The third kappa shape index (κ3) is 4.40. The van der Waals surface area contributed by atoms with Gasteiger partial charge in [0.25, 0.3) is 11.8 Å². The van der Waals surface area contributed by atoms with E-state index < -0.39 is 0 Å². The fraction of sp³-hybridized carbons (Fsp3) is 0.0870. The van der Waals surface area contributed by atoms with E-state index in [0.717, 1.165) is 10.5 Å². The summed E-state index contributed by atoms with van der Waals surface area (Å²) in [5.74, 6) is -0.500. The van der Waals surface area contributed by atoms with Crippen molar-refractivity contribution in [3.8, 4) is 0 Å². The van der Waals surface area contributed by atoms with Crippen LogP contribution < -0.4 is 5.32 Å². The van der Waals surface area contributed by atoms with Gasteiger partial charge in [0.05, 0.1) is 23.4 Å². The van der Waals surface area contributed by atoms with Crippen molar-refractivity contribution in [1.82, 2.24) is 4.90 Å². The van der Waals surface area contributed by atoms with Crippen molar-refractivity contribution >= 4 is 46.8 Å². The number of hydrogen-bond acceptors (Lipinski definition) is 4. The lowest BCUT2D eigenvalue weighted by Gasteiger charge is -2.14. The maximum absolute atomic E-state index is 12.5. The van der Waals surface area contributed by atoms with Gasteiger partial charge in [0.1, 0.15) is 0 Å². The summed E-state index contributed by atoms with van der Waals surface area (Å²) >= 11 is 7.23. The van der Waals surface area contributed by atoms with Crippen molar-refractivity contribution in [2.45, 2.75) is 11.3 Å². The average molecular weight is 437 g/mol. The maximum Gasteiger partial charge on any atom is 0.262 e. The van der Waals surface area contributed by atoms with Gasteiger partial charge in [-0.15, -0.1) is 11.8 Å². The first-order valence-corrected chi connectivity index (χ1v) is 10.6. The highest BCUT2D eigenvalue weighted by Gasteiger charge is 2.34. The van der Waals surface area contributed by atoms with E-state index in [1.54, 1.807) is 42.5 Å². The van der Waals surface area contributed by atoms with Crippen LogP contribution in [0.1, 0.15) is 26.3 Å². The van der Waals surface area contributed by atoms with Crippen LogP contribution in [0, 0.1) is 0 Å². The van der Waals surface area contributed by atoms with Crippen molar-refractivity contribution in [1.29, 1.82) is 0 Å². The molecule has 0 atom stereocenters. The van der Waals surface area contributed by atoms with Crippen molar-refractivity contribution < 1.29 is 14.4 Å². The fourth-order valence-corrected chi connectivity index (χ4v) is 4.18. The second-order valence-corrected chi connectivity index (χ2v) is 8.19. The summed E-state index contributed by atoms with van der Waals surface area (Å²) in [6.45, 7) is 0. The largest absolute Gasteiger partial charge is 0.326 e. The first kappa shape index (κ1) is 20.2. The summed E-state index contributed by atoms with van der Waals surface area (Å²) in [6, 6.07) is 21.3. The summed E-state index contributed by atoms with van der Waals surface area (Å²) in [4.78, 5) is 39.3. The van der Waals surface area contributed by atoms with Gasteiger partial charge in [-0.05, 0) is 48.0 Å². The molecule has 1 N–H and O–H groups in total. The number of imide groups is 1. The smallest absolute Gasteiger partial charge is 0.262 e. The van der Waals surface area contributed by atoms with Crippen LogP contribution in [0.25, 0.3) is 0 Å². The van der Waals surface area contributed by atoms with E-state index in [0.29, 0.717) is 21.8 Å². The quantitative estimate of drug-likeness (QED) is 0.442. The van der Waals surface area contributed by atoms with Gasteiger partial charge in [0.2, 0.25) is 5.91 Å². The van der Waals surface area contributed by atoms with Crippen LogP contribution in [0.15, 0.2) is 77.7 Å². The number of nitrogens with one attached hydrogen (secondary N) is 1. The Hall–Kier alpha value is -3.09. The van der Waals surface area contributed by atoms with Gasteiger partial charge >= 0.3 is 0 Å². The minimum absolute atomic E-state index is 0.139. The van der Waals surface area contributed by atoms with Gasteiger partial charge in [-0.2, -0.15) is 0 Å². The predicted molar refractivity (Wildman–Crippen MR) is 118 cm³/mol. The fourth-order valence-electron chi connectivity index (χ4n) is 3.15. The molecule has 7 heteroatoms. The Morgan fingerprint density at radius 3 is 2.23 bits per heavy atom. The zero-order valence-corrected chi connectivity index (χ0v) is 17.4. The molecule has 1 aliphatic heterocycles. The number of anilines is 1. The second kappa shape index (κ2) is 8.73. The number of hydrogen-bond donors (Lipinski definition) is 1. The van der Waals surface area contributed by atoms with E-state index in [2.05, 4.69) is 5.32 Å². The second-order valence-electron chi connectivity index (χ2n) is 6.74. The number of benzene rings is 3. The number of thioether (sulfide) groups is 1. The standard InChI is InChI=1S/C23H17ClN2O3S/c24-16-10-8-15(9-11-16)12-21(27)25-17-4-3-5-18(13-17)30-14-26-22(28)19-6-1-2-7-20(19)23(26)29/h1-11,13H,12,14H2,(H,25,27). The summed E-state index contributed by atoms with van der Waals surface area (Å²) in [5.41, 5.74) is 2.40. The molecule has 0 bridgehead atoms. The number of amides is 3. The molecule has 0 aromatic heterocycles. The van der Waals surface area contributed by atoms with Crippen LogP contribution in [0.4, 0.5) is 5.69 Å². The summed E-state index contributed by atoms with van der Waals surface area (Å²) in [5, 5.41) is 3.50. The normalized spacial score (nSPS) is 12.8. The highest BCUT2D eigenvalue weighted by atomic mass is 35.5. The molecule has 0 unspecified atom stereocenters. The van der Waals surface area contributed by atoms with Gasteiger partial charge in [0, 0.05) is 15.6 Å². The highest BCUT2D eigenvalue weighted by Crippen LogP contribution is 2.28. The van der Waals surface area contributed by atoms with Gasteiger partial charge in [0.15, 0.2) is 0 Å². The number of carbonyl (C=O) groups is 3. The van der Waals surface area contributed by atoms with E-state index in [9.17, 15) is 14.4 Å².